The third-order valence-corrected chi connectivity index (χ3v) is 5.56. The largest absolute Gasteiger partial charge is 0.370 e. The summed E-state index contributed by atoms with van der Waals surface area (Å²) in [4.78, 5) is 14.7. The second-order valence-electron chi connectivity index (χ2n) is 7.64. The number of amides is 1. The number of rotatable bonds is 5. The Labute approximate surface area is 143 Å². The number of carbonyl (C=O) groups is 1. The highest BCUT2D eigenvalue weighted by Gasteiger charge is 2.29. The summed E-state index contributed by atoms with van der Waals surface area (Å²) >= 11 is 0. The minimum atomic E-state index is -0.0931. The Bertz CT molecular complexity index is 588. The Morgan fingerprint density at radius 3 is 2.88 bits per heavy atom. The van der Waals surface area contributed by atoms with Crippen molar-refractivity contribution in [2.24, 2.45) is 11.8 Å². The van der Waals surface area contributed by atoms with Gasteiger partial charge in [0.1, 0.15) is 6.10 Å². The van der Waals surface area contributed by atoms with E-state index in [0.29, 0.717) is 6.54 Å². The molecule has 24 heavy (non-hydrogen) atoms. The number of likely N-dealkylation sites (tertiary alicyclic amines) is 1. The van der Waals surface area contributed by atoms with E-state index in [1.165, 1.54) is 18.4 Å². The van der Waals surface area contributed by atoms with Crippen molar-refractivity contribution < 1.29 is 9.53 Å². The molecular formula is C18H28N4O2. The highest BCUT2D eigenvalue weighted by atomic mass is 16.5. The van der Waals surface area contributed by atoms with Crippen LogP contribution in [0.2, 0.25) is 0 Å². The molecule has 0 unspecified atom stereocenters. The van der Waals surface area contributed by atoms with E-state index < -0.39 is 0 Å². The topological polar surface area (TPSA) is 59.4 Å². The molecule has 2 aliphatic heterocycles. The van der Waals surface area contributed by atoms with E-state index in [1.807, 2.05) is 0 Å². The third kappa shape index (κ3) is 3.64. The summed E-state index contributed by atoms with van der Waals surface area (Å²) in [6, 6.07) is 0. The maximum atomic E-state index is 12.4. The van der Waals surface area contributed by atoms with Gasteiger partial charge in [0.05, 0.1) is 12.3 Å². The van der Waals surface area contributed by atoms with Gasteiger partial charge in [-0.3, -0.25) is 9.48 Å². The molecule has 1 saturated carbocycles. The van der Waals surface area contributed by atoms with Crippen LogP contribution < -0.4 is 5.32 Å². The highest BCUT2D eigenvalue weighted by molar-refractivity contribution is 5.78. The van der Waals surface area contributed by atoms with Gasteiger partial charge in [-0.15, -0.1) is 0 Å². The maximum absolute atomic E-state index is 12.4. The molecule has 1 aliphatic carbocycles. The first-order valence-electron chi connectivity index (χ1n) is 9.33. The molecule has 4 rings (SSSR count). The van der Waals surface area contributed by atoms with Gasteiger partial charge in [0.25, 0.3) is 0 Å². The van der Waals surface area contributed by atoms with E-state index in [4.69, 9.17) is 9.84 Å². The van der Waals surface area contributed by atoms with Crippen LogP contribution in [0.4, 0.5) is 0 Å². The highest BCUT2D eigenvalue weighted by Crippen LogP contribution is 2.32. The van der Waals surface area contributed by atoms with Gasteiger partial charge in [-0.25, -0.2) is 0 Å². The molecule has 2 fully saturated rings. The molecule has 3 heterocycles. The Balaban J connectivity index is 1.34. The molecule has 0 radical (unpaired) electrons. The van der Waals surface area contributed by atoms with E-state index in [-0.39, 0.29) is 17.9 Å². The number of nitrogens with one attached hydrogen (secondary N) is 1. The van der Waals surface area contributed by atoms with Crippen molar-refractivity contribution >= 4 is 5.91 Å². The molecule has 1 amide bonds. The summed E-state index contributed by atoms with van der Waals surface area (Å²) in [5.74, 6) is 1.14. The maximum Gasteiger partial charge on any atom is 0.223 e. The lowest BCUT2D eigenvalue weighted by Gasteiger charge is -2.29. The molecule has 0 aromatic carbocycles. The van der Waals surface area contributed by atoms with Crippen molar-refractivity contribution in [3.63, 3.8) is 0 Å². The second-order valence-corrected chi connectivity index (χ2v) is 7.64. The van der Waals surface area contributed by atoms with Crippen molar-refractivity contribution in [1.82, 2.24) is 20.0 Å². The van der Waals surface area contributed by atoms with E-state index in [1.54, 1.807) is 0 Å². The third-order valence-electron chi connectivity index (χ3n) is 5.56. The van der Waals surface area contributed by atoms with Crippen LogP contribution in [0.3, 0.4) is 0 Å². The summed E-state index contributed by atoms with van der Waals surface area (Å²) in [7, 11) is 2.11. The van der Waals surface area contributed by atoms with E-state index in [0.717, 1.165) is 57.1 Å². The van der Waals surface area contributed by atoms with Gasteiger partial charge in [0.15, 0.2) is 0 Å². The number of ether oxygens (including phenoxy) is 1. The molecule has 1 saturated heterocycles. The number of piperidine rings is 1. The van der Waals surface area contributed by atoms with Crippen molar-refractivity contribution in [3.05, 3.63) is 17.5 Å². The van der Waals surface area contributed by atoms with E-state index >= 15 is 0 Å². The lowest BCUT2D eigenvalue weighted by molar-refractivity contribution is -0.127. The number of hydrogen-bond donors (Lipinski definition) is 1. The fourth-order valence-electron chi connectivity index (χ4n) is 3.75. The normalized spacial score (nSPS) is 25.5. The molecule has 132 valence electrons. The van der Waals surface area contributed by atoms with Crippen LogP contribution in [-0.2, 0) is 22.5 Å². The Morgan fingerprint density at radius 2 is 2.12 bits per heavy atom. The number of aromatic nitrogens is 2. The molecule has 6 nitrogen and oxygen atoms in total. The molecule has 1 aromatic rings. The second kappa shape index (κ2) is 6.84. The number of fused-ring (bicyclic) bond motifs is 1. The number of carbonyl (C=O) groups excluding carboxylic acids is 1. The zero-order valence-electron chi connectivity index (χ0n) is 14.5. The van der Waals surface area contributed by atoms with E-state index in [9.17, 15) is 4.79 Å². The lowest BCUT2D eigenvalue weighted by atomic mass is 9.96. The predicted octanol–water partition coefficient (Wildman–Crippen LogP) is 1.36. The average molecular weight is 332 g/mol. The van der Waals surface area contributed by atoms with Crippen LogP contribution in [0.1, 0.15) is 43.0 Å². The molecule has 1 atom stereocenters. The van der Waals surface area contributed by atoms with Crippen LogP contribution in [0.25, 0.3) is 0 Å². The van der Waals surface area contributed by atoms with Crippen molar-refractivity contribution in [2.75, 3.05) is 33.3 Å². The molecule has 0 spiro atoms. The Kier molecular flexibility index (Phi) is 4.59. The van der Waals surface area contributed by atoms with Gasteiger partial charge in [-0.2, -0.15) is 5.10 Å². The first-order chi connectivity index (χ1) is 11.7. The smallest absolute Gasteiger partial charge is 0.223 e. The lowest BCUT2D eigenvalue weighted by Crippen LogP contribution is -2.40. The van der Waals surface area contributed by atoms with Crippen LogP contribution in [-0.4, -0.2) is 53.9 Å². The molecule has 1 aromatic heterocycles. The molecule has 3 aliphatic rings. The Morgan fingerprint density at radius 1 is 1.33 bits per heavy atom. The fraction of sp³-hybridized carbons (Fsp3) is 0.778. The van der Waals surface area contributed by atoms with Gasteiger partial charge < -0.3 is 15.0 Å². The van der Waals surface area contributed by atoms with Crippen molar-refractivity contribution in [2.45, 2.75) is 44.8 Å². The van der Waals surface area contributed by atoms with Crippen LogP contribution in [0, 0.1) is 11.8 Å². The number of nitrogens with zero attached hydrogens (tertiary/aromatic N) is 3. The first kappa shape index (κ1) is 16.1. The SMILES string of the molecule is CN1CCC(C(=O)NC[C@@H]2OCCc3cn(CC4CC4)nc32)CC1. The fourth-order valence-corrected chi connectivity index (χ4v) is 3.75. The van der Waals surface area contributed by atoms with Crippen LogP contribution >= 0.6 is 0 Å². The summed E-state index contributed by atoms with van der Waals surface area (Å²) in [6.45, 7) is 4.30. The Hall–Kier alpha value is -1.40. The van der Waals surface area contributed by atoms with E-state index in [2.05, 4.69) is 28.1 Å². The summed E-state index contributed by atoms with van der Waals surface area (Å²) in [6.07, 6.45) is 7.59. The summed E-state index contributed by atoms with van der Waals surface area (Å²) < 4.78 is 7.98. The summed E-state index contributed by atoms with van der Waals surface area (Å²) in [5.41, 5.74) is 2.33. The van der Waals surface area contributed by atoms with Gasteiger partial charge >= 0.3 is 0 Å². The van der Waals surface area contributed by atoms with Gasteiger partial charge in [0, 0.05) is 25.2 Å². The molecule has 0 bridgehead atoms. The zero-order chi connectivity index (χ0) is 16.5. The molecule has 6 heteroatoms. The first-order valence-corrected chi connectivity index (χ1v) is 9.33. The number of hydrogen-bond acceptors (Lipinski definition) is 4. The molecule has 1 N–H and O–H groups in total. The van der Waals surface area contributed by atoms with Gasteiger partial charge in [0.2, 0.25) is 5.91 Å². The minimum absolute atomic E-state index is 0.0931. The van der Waals surface area contributed by atoms with Crippen LogP contribution in [0.5, 0.6) is 0 Å². The standard InChI is InChI=1S/C18H28N4O2/c1-21-7-4-14(5-8-21)18(23)19-10-16-17-15(6-9-24-16)12-22(20-17)11-13-2-3-13/h12-14,16H,2-11H2,1H3,(H,19,23)/t16-/m0/s1. The quantitative estimate of drug-likeness (QED) is 0.885. The molecular weight excluding hydrogens is 304 g/mol. The van der Waals surface area contributed by atoms with Gasteiger partial charge in [-0.05, 0) is 63.7 Å². The van der Waals surface area contributed by atoms with Crippen molar-refractivity contribution in [1.29, 1.82) is 0 Å². The van der Waals surface area contributed by atoms with Gasteiger partial charge in [-0.1, -0.05) is 0 Å². The predicted molar refractivity (Wildman–Crippen MR) is 90.6 cm³/mol. The average Bonchev–Trinajstić information content (AvgIpc) is 3.29. The zero-order valence-corrected chi connectivity index (χ0v) is 14.5. The minimum Gasteiger partial charge on any atom is -0.370 e. The summed E-state index contributed by atoms with van der Waals surface area (Å²) in [5, 5.41) is 7.85. The van der Waals surface area contributed by atoms with Crippen LogP contribution in [0.15, 0.2) is 6.20 Å². The monoisotopic (exact) mass is 332 g/mol. The van der Waals surface area contributed by atoms with Crippen molar-refractivity contribution in [3.8, 4) is 0 Å².